The number of amides is 2. The first-order chi connectivity index (χ1) is 14.9. The maximum Gasteiger partial charge on any atom is 0.255 e. The van der Waals surface area contributed by atoms with Crippen LogP contribution in [0.15, 0.2) is 88.9 Å². The van der Waals surface area contributed by atoms with Crippen LogP contribution >= 0.6 is 15.9 Å². The zero-order valence-corrected chi connectivity index (χ0v) is 19.0. The van der Waals surface area contributed by atoms with Gasteiger partial charge in [-0.25, -0.2) is 0 Å². The number of β-lactam (4-membered cyclic amide) rings is 1. The monoisotopic (exact) mass is 474 g/mol. The van der Waals surface area contributed by atoms with Gasteiger partial charge in [0.1, 0.15) is 0 Å². The number of rotatable bonds is 5. The maximum atomic E-state index is 13.7. The molecule has 0 aliphatic carbocycles. The molecule has 0 saturated carbocycles. The summed E-state index contributed by atoms with van der Waals surface area (Å²) < 4.78 is 0.913. The molecular formula is C26H23BrN2O2. The van der Waals surface area contributed by atoms with E-state index in [1.54, 1.807) is 4.90 Å². The van der Waals surface area contributed by atoms with Crippen molar-refractivity contribution in [1.29, 1.82) is 0 Å². The number of carbonyl (C=O) groups is 2. The van der Waals surface area contributed by atoms with E-state index in [-0.39, 0.29) is 18.2 Å². The van der Waals surface area contributed by atoms with E-state index in [4.69, 9.17) is 0 Å². The molecule has 3 aromatic carbocycles. The van der Waals surface area contributed by atoms with Crippen LogP contribution < -0.4 is 10.2 Å². The van der Waals surface area contributed by atoms with Crippen molar-refractivity contribution >= 4 is 45.2 Å². The molecule has 1 fully saturated rings. The van der Waals surface area contributed by atoms with Gasteiger partial charge in [0.25, 0.3) is 5.91 Å². The predicted octanol–water partition coefficient (Wildman–Crippen LogP) is 5.98. The topological polar surface area (TPSA) is 49.4 Å². The fraction of sp³-hybridized carbons (Fsp3) is 0.154. The minimum atomic E-state index is -1.09. The van der Waals surface area contributed by atoms with Crippen LogP contribution in [0.4, 0.5) is 11.4 Å². The van der Waals surface area contributed by atoms with E-state index in [0.717, 1.165) is 26.9 Å². The minimum absolute atomic E-state index is 0.0805. The van der Waals surface area contributed by atoms with Crippen molar-refractivity contribution in [2.24, 2.45) is 0 Å². The Morgan fingerprint density at radius 1 is 1.00 bits per heavy atom. The molecule has 1 saturated heterocycles. The summed E-state index contributed by atoms with van der Waals surface area (Å²) in [5.74, 6) is -0.294. The van der Waals surface area contributed by atoms with Crippen LogP contribution in [0, 0.1) is 6.92 Å². The molecule has 4 rings (SSSR count). The van der Waals surface area contributed by atoms with Gasteiger partial charge in [0, 0.05) is 15.8 Å². The van der Waals surface area contributed by atoms with E-state index < -0.39 is 5.54 Å². The van der Waals surface area contributed by atoms with E-state index >= 15 is 0 Å². The van der Waals surface area contributed by atoms with E-state index in [9.17, 15) is 9.59 Å². The van der Waals surface area contributed by atoms with Gasteiger partial charge >= 0.3 is 0 Å². The Hall–Kier alpha value is -3.18. The Morgan fingerprint density at radius 2 is 1.65 bits per heavy atom. The lowest BCUT2D eigenvalue weighted by Gasteiger charge is -2.51. The highest BCUT2D eigenvalue weighted by atomic mass is 79.9. The standard InChI is InChI=1S/C26H23BrN2O2/c1-18-8-6-7-11-23(18)28-25(31)26(19(2)16-20-9-4-3-5-10-20)17-24(30)29(26)22-14-12-21(27)13-15-22/h3-16H,17H2,1-2H3,(H,28,31)/b19-16+/t26-/m1/s1. The third-order valence-corrected chi connectivity index (χ3v) is 6.26. The summed E-state index contributed by atoms with van der Waals surface area (Å²) in [5.41, 5.74) is 3.11. The third-order valence-electron chi connectivity index (χ3n) is 5.73. The summed E-state index contributed by atoms with van der Waals surface area (Å²) in [6.07, 6.45) is 2.10. The zero-order valence-electron chi connectivity index (χ0n) is 17.4. The number of para-hydroxylation sites is 1. The van der Waals surface area contributed by atoms with Crippen LogP contribution in [0.3, 0.4) is 0 Å². The molecule has 0 radical (unpaired) electrons. The Labute approximate surface area is 190 Å². The van der Waals surface area contributed by atoms with Gasteiger partial charge in [0.05, 0.1) is 6.42 Å². The predicted molar refractivity (Wildman–Crippen MR) is 129 cm³/mol. The molecule has 1 heterocycles. The fourth-order valence-corrected chi connectivity index (χ4v) is 4.25. The van der Waals surface area contributed by atoms with E-state index in [1.807, 2.05) is 98.8 Å². The van der Waals surface area contributed by atoms with Gasteiger partial charge < -0.3 is 5.32 Å². The molecule has 5 heteroatoms. The molecule has 0 unspecified atom stereocenters. The quantitative estimate of drug-likeness (QED) is 0.462. The second kappa shape index (κ2) is 8.52. The molecule has 31 heavy (non-hydrogen) atoms. The Kier molecular flexibility index (Phi) is 5.79. The second-order valence-electron chi connectivity index (χ2n) is 7.75. The number of carbonyl (C=O) groups excluding carboxylic acids is 2. The largest absolute Gasteiger partial charge is 0.323 e. The van der Waals surface area contributed by atoms with Gasteiger partial charge in [0.2, 0.25) is 5.91 Å². The third kappa shape index (κ3) is 3.93. The summed E-state index contributed by atoms with van der Waals surface area (Å²) in [6.45, 7) is 3.87. The first kappa shape index (κ1) is 21.1. The molecular weight excluding hydrogens is 452 g/mol. The lowest BCUT2D eigenvalue weighted by Crippen LogP contribution is -2.70. The molecule has 1 aliphatic heterocycles. The second-order valence-corrected chi connectivity index (χ2v) is 8.67. The maximum absolute atomic E-state index is 13.7. The summed E-state index contributed by atoms with van der Waals surface area (Å²) in [5, 5.41) is 3.07. The summed E-state index contributed by atoms with van der Waals surface area (Å²) in [4.78, 5) is 28.2. The molecule has 0 aromatic heterocycles. The normalized spacial score (nSPS) is 18.5. The van der Waals surface area contributed by atoms with E-state index in [0.29, 0.717) is 5.69 Å². The van der Waals surface area contributed by atoms with Gasteiger partial charge in [-0.1, -0.05) is 70.5 Å². The highest BCUT2D eigenvalue weighted by molar-refractivity contribution is 9.10. The SMILES string of the molecule is C/C(=C\c1ccccc1)[C@@]1(C(=O)Nc2ccccc2C)CC(=O)N1c1ccc(Br)cc1. The molecule has 2 amide bonds. The molecule has 4 nitrogen and oxygen atoms in total. The first-order valence-electron chi connectivity index (χ1n) is 10.1. The van der Waals surface area contributed by atoms with Crippen molar-refractivity contribution in [3.8, 4) is 0 Å². The molecule has 1 atom stereocenters. The average molecular weight is 475 g/mol. The van der Waals surface area contributed by atoms with Crippen LogP contribution in [0.5, 0.6) is 0 Å². The van der Waals surface area contributed by atoms with Crippen molar-refractivity contribution in [3.05, 3.63) is 100 Å². The van der Waals surface area contributed by atoms with Crippen LogP contribution in [-0.4, -0.2) is 17.4 Å². The summed E-state index contributed by atoms with van der Waals surface area (Å²) >= 11 is 3.44. The first-order valence-corrected chi connectivity index (χ1v) is 10.9. The average Bonchev–Trinajstić information content (AvgIpc) is 2.75. The van der Waals surface area contributed by atoms with Crippen LogP contribution in [0.1, 0.15) is 24.5 Å². The van der Waals surface area contributed by atoms with Gasteiger partial charge in [-0.2, -0.15) is 0 Å². The number of benzene rings is 3. The number of hydrogen-bond donors (Lipinski definition) is 1. The number of anilines is 2. The van der Waals surface area contributed by atoms with Crippen molar-refractivity contribution < 1.29 is 9.59 Å². The molecule has 3 aromatic rings. The fourth-order valence-electron chi connectivity index (χ4n) is 3.99. The van der Waals surface area contributed by atoms with Crippen molar-refractivity contribution in [2.45, 2.75) is 25.8 Å². The highest BCUT2D eigenvalue weighted by Crippen LogP contribution is 2.44. The van der Waals surface area contributed by atoms with Gasteiger partial charge in [-0.05, 0) is 60.9 Å². The van der Waals surface area contributed by atoms with Crippen LogP contribution in [0.25, 0.3) is 6.08 Å². The minimum Gasteiger partial charge on any atom is -0.323 e. The summed E-state index contributed by atoms with van der Waals surface area (Å²) in [7, 11) is 0. The van der Waals surface area contributed by atoms with Gasteiger partial charge in [-0.3, -0.25) is 14.5 Å². The number of nitrogens with zero attached hydrogens (tertiary/aromatic N) is 1. The zero-order chi connectivity index (χ0) is 22.0. The Morgan fingerprint density at radius 3 is 2.29 bits per heavy atom. The molecule has 156 valence electrons. The molecule has 0 spiro atoms. The van der Waals surface area contributed by atoms with Crippen molar-refractivity contribution in [2.75, 3.05) is 10.2 Å². The van der Waals surface area contributed by atoms with Crippen LogP contribution in [0.2, 0.25) is 0 Å². The number of nitrogens with one attached hydrogen (secondary N) is 1. The lowest BCUT2D eigenvalue weighted by atomic mass is 9.75. The van der Waals surface area contributed by atoms with Gasteiger partial charge in [-0.15, -0.1) is 0 Å². The number of hydrogen-bond acceptors (Lipinski definition) is 2. The Balaban J connectivity index is 1.79. The van der Waals surface area contributed by atoms with Gasteiger partial charge in [0.15, 0.2) is 5.54 Å². The number of halogens is 1. The van der Waals surface area contributed by atoms with E-state index in [2.05, 4.69) is 21.2 Å². The lowest BCUT2D eigenvalue weighted by molar-refractivity contribution is -0.135. The highest BCUT2D eigenvalue weighted by Gasteiger charge is 2.58. The smallest absolute Gasteiger partial charge is 0.255 e. The molecule has 1 N–H and O–H groups in total. The van der Waals surface area contributed by atoms with Crippen molar-refractivity contribution in [3.63, 3.8) is 0 Å². The van der Waals surface area contributed by atoms with E-state index in [1.165, 1.54) is 0 Å². The molecule has 0 bridgehead atoms. The number of aryl methyl sites for hydroxylation is 1. The van der Waals surface area contributed by atoms with Crippen LogP contribution in [-0.2, 0) is 9.59 Å². The van der Waals surface area contributed by atoms with Crippen molar-refractivity contribution in [1.82, 2.24) is 0 Å². The summed E-state index contributed by atoms with van der Waals surface area (Å²) in [6, 6.07) is 24.9. The molecule has 1 aliphatic rings. The Bertz CT molecular complexity index is 1160.